The predicted octanol–water partition coefficient (Wildman–Crippen LogP) is -0.227. The summed E-state index contributed by atoms with van der Waals surface area (Å²) in [6.45, 7) is 5.62. The number of benzene rings is 4. The Labute approximate surface area is 410 Å². The van der Waals surface area contributed by atoms with E-state index in [4.69, 9.17) is 52.3 Å². The van der Waals surface area contributed by atoms with Crippen LogP contribution >= 0.6 is 0 Å². The zero-order valence-corrected chi connectivity index (χ0v) is 38.7. The minimum Gasteiger partial charge on any atom is -0.588 e. The third-order valence-electron chi connectivity index (χ3n) is 10.2. The Morgan fingerprint density at radius 3 is 0.681 bits per heavy atom. The summed E-state index contributed by atoms with van der Waals surface area (Å²) in [7, 11) is 0. The van der Waals surface area contributed by atoms with Crippen molar-refractivity contribution in [1.29, 1.82) is 11.1 Å². The number of carbonyl (C=O) groups excluding carboxylic acids is 4. The number of aromatic hydroxyl groups is 4. The van der Waals surface area contributed by atoms with Crippen LogP contribution in [0.25, 0.3) is 0 Å². The van der Waals surface area contributed by atoms with Crippen LogP contribution in [0.3, 0.4) is 0 Å². The van der Waals surface area contributed by atoms with Gasteiger partial charge in [-0.1, -0.05) is 10.0 Å². The van der Waals surface area contributed by atoms with Gasteiger partial charge in [-0.2, -0.15) is 0 Å². The number of hydrogen-bond acceptors (Lipinski definition) is 26. The highest BCUT2D eigenvalue weighted by atomic mass is 16.8. The molecular weight excluding hydrogens is 953 g/mol. The van der Waals surface area contributed by atoms with Gasteiger partial charge in [-0.05, 0) is 59.6 Å². The van der Waals surface area contributed by atoms with Crippen LogP contribution in [-0.4, -0.2) is 179 Å². The number of hydrogen-bond donors (Lipinski definition) is 18. The van der Waals surface area contributed by atoms with Crippen molar-refractivity contribution in [2.24, 2.45) is 0 Å². The third-order valence-corrected chi connectivity index (χ3v) is 10.2. The quantitative estimate of drug-likeness (QED) is 0.0161. The fourth-order valence-electron chi connectivity index (χ4n) is 7.28. The normalized spacial score (nSPS) is 11.7. The van der Waals surface area contributed by atoms with E-state index < -0.39 is 33.2 Å². The van der Waals surface area contributed by atoms with E-state index in [1.165, 1.54) is 24.3 Å². The molecule has 0 saturated carbocycles. The van der Waals surface area contributed by atoms with Gasteiger partial charge in [0.2, 0.25) is 23.1 Å². The molecule has 0 atom stereocenters. The van der Waals surface area contributed by atoms with E-state index in [1.807, 2.05) is 0 Å². The Kier molecular flexibility index (Phi) is 24.3. The SMILES string of the molecule is N=[N+]([O-])[O-].N=[N+]([O-])[O-].O=C1c2c(O)ccc(O)c2C(=O)c2c(NCCNCCO)ccc(NCCNCCO)c21.O=C1c2c(O)ccc(O)c2C(=O)c2c(NCCNCCO)ccc(NCCNCCO)c21. The molecule has 2 aliphatic rings. The molecule has 4 aromatic rings. The predicted molar refractivity (Wildman–Crippen MR) is 259 cm³/mol. The average Bonchev–Trinajstić information content (AvgIpc) is 3.33. The highest BCUT2D eigenvalue weighted by Gasteiger charge is 2.39. The van der Waals surface area contributed by atoms with E-state index in [0.717, 1.165) is 0 Å². The van der Waals surface area contributed by atoms with Gasteiger partial charge < -0.3 is 104 Å². The summed E-state index contributed by atoms with van der Waals surface area (Å²) in [6, 6.07) is 11.5. The lowest BCUT2D eigenvalue weighted by molar-refractivity contribution is -0.482. The smallest absolute Gasteiger partial charge is 0.200 e. The number of anilines is 4. The summed E-state index contributed by atoms with van der Waals surface area (Å²) >= 11 is 0. The standard InChI is InChI=1S/2C22H28N4O6.2HN2O2/c2*27-11-9-23-5-7-25-13-1-2-14(26-8-6-24-10-12-28)18-17(13)21(31)19-15(29)3-4-16(30)20(19)22(18)32;2*1-2(3)4/h2*1-4,23-30H,5-12H2;2*(H-,1,3,4)/q;;2*-1. The number of rotatable bonds is 24. The molecule has 392 valence electrons. The summed E-state index contributed by atoms with van der Waals surface area (Å²) < 4.78 is 0. The van der Waals surface area contributed by atoms with Crippen LogP contribution in [0.5, 0.6) is 23.0 Å². The second-order valence-corrected chi connectivity index (χ2v) is 15.0. The number of phenols is 4. The van der Waals surface area contributed by atoms with Crippen LogP contribution in [-0.2, 0) is 0 Å². The van der Waals surface area contributed by atoms with Crippen molar-refractivity contribution in [3.63, 3.8) is 0 Å². The third kappa shape index (κ3) is 16.0. The first-order valence-corrected chi connectivity index (χ1v) is 22.0. The second kappa shape index (κ2) is 29.9. The van der Waals surface area contributed by atoms with Crippen molar-refractivity contribution < 1.29 is 70.1 Å². The number of fused-ring (bicyclic) bond motifs is 4. The van der Waals surface area contributed by atoms with Gasteiger partial charge in [-0.15, -0.1) is 0 Å². The van der Waals surface area contributed by atoms with E-state index in [9.17, 15) is 39.6 Å². The molecule has 0 radical (unpaired) electrons. The van der Waals surface area contributed by atoms with Crippen LogP contribution < -0.4 is 42.5 Å². The summed E-state index contributed by atoms with van der Waals surface area (Å²) in [4.78, 5) is 53.5. The molecule has 28 heteroatoms. The summed E-state index contributed by atoms with van der Waals surface area (Å²) in [5, 5.41) is 133. The molecule has 0 fully saturated rings. The molecule has 0 amide bonds. The van der Waals surface area contributed by atoms with Gasteiger partial charge in [0.25, 0.3) is 0 Å². The first kappa shape index (κ1) is 58.4. The van der Waals surface area contributed by atoms with E-state index in [1.54, 1.807) is 24.3 Å². The van der Waals surface area contributed by atoms with Gasteiger partial charge in [0.05, 0.1) is 70.9 Å². The summed E-state index contributed by atoms with van der Waals surface area (Å²) in [5.74, 6) is -3.72. The van der Waals surface area contributed by atoms with E-state index >= 15 is 0 Å². The van der Waals surface area contributed by atoms with Gasteiger partial charge in [0.15, 0.2) is 0 Å². The molecule has 18 N–H and O–H groups in total. The topological polar surface area (TPSA) is 472 Å². The lowest BCUT2D eigenvalue weighted by Gasteiger charge is -2.25. The Balaban J connectivity index is 0.000000331. The molecule has 0 aromatic heterocycles. The molecule has 72 heavy (non-hydrogen) atoms. The first-order valence-electron chi connectivity index (χ1n) is 22.0. The highest BCUT2D eigenvalue weighted by molar-refractivity contribution is 6.34. The average molecular weight is 1010 g/mol. The second-order valence-electron chi connectivity index (χ2n) is 15.0. The Morgan fingerprint density at radius 1 is 0.333 bits per heavy atom. The maximum Gasteiger partial charge on any atom is 0.200 e. The van der Waals surface area contributed by atoms with Crippen molar-refractivity contribution in [2.75, 3.05) is 126 Å². The van der Waals surface area contributed by atoms with Gasteiger partial charge in [0, 0.05) is 101 Å². The van der Waals surface area contributed by atoms with Crippen LogP contribution in [0.15, 0.2) is 48.5 Å². The maximum absolute atomic E-state index is 13.4. The van der Waals surface area contributed by atoms with Crippen molar-refractivity contribution in [1.82, 2.24) is 21.3 Å². The van der Waals surface area contributed by atoms with Gasteiger partial charge >= 0.3 is 0 Å². The van der Waals surface area contributed by atoms with Crippen LogP contribution in [0.4, 0.5) is 22.7 Å². The molecule has 0 bridgehead atoms. The number of nitrogens with one attached hydrogen (secondary N) is 10. The molecule has 0 unspecified atom stereocenters. The van der Waals surface area contributed by atoms with Crippen molar-refractivity contribution in [2.45, 2.75) is 0 Å². The van der Waals surface area contributed by atoms with Crippen LogP contribution in [0.2, 0.25) is 0 Å². The summed E-state index contributed by atoms with van der Waals surface area (Å²) in [5.41, 5.74) is 12.0. The van der Waals surface area contributed by atoms with Crippen LogP contribution in [0, 0.1) is 31.9 Å². The minimum atomic E-state index is -1.25. The van der Waals surface area contributed by atoms with Crippen molar-refractivity contribution in [3.8, 4) is 23.0 Å². The van der Waals surface area contributed by atoms with Gasteiger partial charge in [-0.3, -0.25) is 19.2 Å². The number of carbonyl (C=O) groups is 4. The highest BCUT2D eigenvalue weighted by Crippen LogP contribution is 2.44. The van der Waals surface area contributed by atoms with E-state index in [0.29, 0.717) is 101 Å². The molecule has 0 heterocycles. The number of ketones is 4. The molecule has 28 nitrogen and oxygen atoms in total. The molecule has 0 saturated heterocycles. The molecule has 0 spiro atoms. The molecule has 4 aromatic carbocycles. The molecular formula is C44H58N12O16-2. The van der Waals surface area contributed by atoms with Crippen molar-refractivity contribution >= 4 is 45.9 Å². The van der Waals surface area contributed by atoms with E-state index in [2.05, 4.69) is 42.5 Å². The van der Waals surface area contributed by atoms with Crippen LogP contribution in [0.1, 0.15) is 63.7 Å². The zero-order chi connectivity index (χ0) is 53.3. The fraction of sp³-hybridized carbons (Fsp3) is 0.364. The Hall–Kier alpha value is -7.96. The fourth-order valence-corrected chi connectivity index (χ4v) is 7.28. The number of aliphatic hydroxyl groups excluding tert-OH is 4. The molecule has 6 rings (SSSR count). The zero-order valence-electron chi connectivity index (χ0n) is 38.7. The van der Waals surface area contributed by atoms with Crippen molar-refractivity contribution in [3.05, 3.63) is 114 Å². The lowest BCUT2D eigenvalue weighted by atomic mass is 9.81. The first-order chi connectivity index (χ1) is 34.5. The molecule has 2 aliphatic carbocycles. The van der Waals surface area contributed by atoms with Gasteiger partial charge in [-0.25, -0.2) is 0 Å². The number of phenolic OH excluding ortho intramolecular Hbond substituents is 4. The Morgan fingerprint density at radius 2 is 0.514 bits per heavy atom. The van der Waals surface area contributed by atoms with E-state index in [-0.39, 0.29) is 93.9 Å². The Bertz CT molecular complexity index is 2200. The largest absolute Gasteiger partial charge is 0.588 e. The summed E-state index contributed by atoms with van der Waals surface area (Å²) in [6.07, 6.45) is 0. The number of aliphatic hydroxyl groups is 4. The maximum atomic E-state index is 13.4. The lowest BCUT2D eigenvalue weighted by Crippen LogP contribution is -2.28. The van der Waals surface area contributed by atoms with Gasteiger partial charge in [0.1, 0.15) is 23.0 Å². The monoisotopic (exact) mass is 1010 g/mol. The molecule has 0 aliphatic heterocycles. The number of nitrogens with zero attached hydrogens (tertiary/aromatic N) is 2. The minimum absolute atomic E-state index is 0.00939.